The molecule has 2 heterocycles. The summed E-state index contributed by atoms with van der Waals surface area (Å²) in [6.07, 6.45) is 4.18. The minimum atomic E-state index is -3.13. The molecule has 1 atom stereocenters. The second-order valence-electron chi connectivity index (χ2n) is 8.18. The molecule has 1 unspecified atom stereocenters. The zero-order valence-corrected chi connectivity index (χ0v) is 18.0. The number of urea groups is 1. The van der Waals surface area contributed by atoms with Gasteiger partial charge in [0, 0.05) is 19.1 Å². The van der Waals surface area contributed by atoms with Gasteiger partial charge < -0.3 is 15.0 Å². The number of carbonyl (C=O) groups excluding carboxylic acids is 4. The van der Waals surface area contributed by atoms with Gasteiger partial charge in [-0.05, 0) is 26.2 Å². The highest BCUT2D eigenvalue weighted by molar-refractivity contribution is 7.91. The summed E-state index contributed by atoms with van der Waals surface area (Å²) < 4.78 is 28.3. The lowest BCUT2D eigenvalue weighted by molar-refractivity contribution is -0.153. The standard InChI is InChI=1S/C19H29N3O7S/c1-2-21(14-7-11-30(27,28)13-14)15(23)12-29-16(24)6-10-22-17(25)19(20-18(22)26)8-4-3-5-9-19/h14H,2-13H2,1H3,(H,20,26). The summed E-state index contributed by atoms with van der Waals surface area (Å²) in [5, 5.41) is 2.78. The largest absolute Gasteiger partial charge is 0.456 e. The molecule has 0 aromatic rings. The lowest BCUT2D eigenvalue weighted by atomic mass is 9.82. The number of carbonyl (C=O) groups is 4. The highest BCUT2D eigenvalue weighted by Crippen LogP contribution is 2.33. The maximum absolute atomic E-state index is 12.7. The van der Waals surface area contributed by atoms with Crippen LogP contribution in [0.25, 0.3) is 0 Å². The molecule has 3 aliphatic rings. The Bertz CT molecular complexity index is 820. The Hall–Kier alpha value is -2.17. The maximum Gasteiger partial charge on any atom is 0.325 e. The highest BCUT2D eigenvalue weighted by atomic mass is 32.2. The summed E-state index contributed by atoms with van der Waals surface area (Å²) in [5.74, 6) is -1.47. The van der Waals surface area contributed by atoms with E-state index in [1.54, 1.807) is 6.92 Å². The fraction of sp³-hybridized carbons (Fsp3) is 0.789. The molecule has 10 nitrogen and oxygen atoms in total. The van der Waals surface area contributed by atoms with Crippen molar-refractivity contribution in [3.05, 3.63) is 0 Å². The zero-order chi connectivity index (χ0) is 21.9. The summed E-state index contributed by atoms with van der Waals surface area (Å²) in [6.45, 7) is 1.47. The zero-order valence-electron chi connectivity index (χ0n) is 17.2. The number of nitrogens with zero attached hydrogens (tertiary/aromatic N) is 2. The smallest absolute Gasteiger partial charge is 0.325 e. The molecule has 1 spiro atoms. The van der Waals surface area contributed by atoms with Crippen molar-refractivity contribution in [2.45, 2.75) is 63.5 Å². The van der Waals surface area contributed by atoms with Gasteiger partial charge in [0.2, 0.25) is 0 Å². The quantitative estimate of drug-likeness (QED) is 0.440. The molecule has 168 valence electrons. The van der Waals surface area contributed by atoms with E-state index in [9.17, 15) is 27.6 Å². The van der Waals surface area contributed by atoms with Crippen molar-refractivity contribution >= 4 is 33.7 Å². The summed E-state index contributed by atoms with van der Waals surface area (Å²) in [4.78, 5) is 51.8. The molecule has 2 saturated heterocycles. The maximum atomic E-state index is 12.7. The Morgan fingerprint density at radius 2 is 1.93 bits per heavy atom. The molecule has 11 heteroatoms. The Morgan fingerprint density at radius 3 is 2.53 bits per heavy atom. The molecule has 1 aliphatic carbocycles. The number of ether oxygens (including phenoxy) is 1. The van der Waals surface area contributed by atoms with Gasteiger partial charge in [-0.15, -0.1) is 0 Å². The molecular weight excluding hydrogens is 414 g/mol. The molecule has 0 bridgehead atoms. The number of esters is 1. The van der Waals surface area contributed by atoms with Gasteiger partial charge in [0.15, 0.2) is 16.4 Å². The van der Waals surface area contributed by atoms with Crippen LogP contribution in [0.5, 0.6) is 0 Å². The number of nitrogens with one attached hydrogen (secondary N) is 1. The summed E-state index contributed by atoms with van der Waals surface area (Å²) in [5.41, 5.74) is -0.835. The molecule has 1 saturated carbocycles. The normalized spacial score (nSPS) is 24.7. The average molecular weight is 444 g/mol. The van der Waals surface area contributed by atoms with Crippen molar-refractivity contribution in [2.24, 2.45) is 0 Å². The van der Waals surface area contributed by atoms with Gasteiger partial charge in [0.25, 0.3) is 11.8 Å². The Kier molecular flexibility index (Phi) is 6.68. The van der Waals surface area contributed by atoms with Gasteiger partial charge in [-0.2, -0.15) is 0 Å². The van der Waals surface area contributed by atoms with Crippen LogP contribution in [-0.2, 0) is 29.0 Å². The SMILES string of the molecule is CCN(C(=O)COC(=O)CCN1C(=O)NC2(CCCCC2)C1=O)C1CCS(=O)(=O)C1. The van der Waals surface area contributed by atoms with Crippen molar-refractivity contribution in [1.82, 2.24) is 15.1 Å². The Labute approximate surface area is 176 Å². The van der Waals surface area contributed by atoms with Gasteiger partial charge in [0.1, 0.15) is 5.54 Å². The first-order valence-electron chi connectivity index (χ1n) is 10.5. The van der Waals surface area contributed by atoms with E-state index >= 15 is 0 Å². The van der Waals surface area contributed by atoms with Gasteiger partial charge in [-0.25, -0.2) is 13.2 Å². The van der Waals surface area contributed by atoms with Crippen LogP contribution in [-0.4, -0.2) is 84.8 Å². The first-order valence-corrected chi connectivity index (χ1v) is 12.3. The van der Waals surface area contributed by atoms with E-state index < -0.39 is 45.9 Å². The van der Waals surface area contributed by atoms with Crippen molar-refractivity contribution in [2.75, 3.05) is 31.2 Å². The lowest BCUT2D eigenvalue weighted by Crippen LogP contribution is -2.48. The number of rotatable bonds is 7. The third-order valence-corrected chi connectivity index (χ3v) is 7.91. The number of likely N-dealkylation sites (N-methyl/N-ethyl adjacent to an activating group) is 1. The summed E-state index contributed by atoms with van der Waals surface area (Å²) >= 11 is 0. The second-order valence-corrected chi connectivity index (χ2v) is 10.4. The Morgan fingerprint density at radius 1 is 1.23 bits per heavy atom. The van der Waals surface area contributed by atoms with Gasteiger partial charge in [-0.1, -0.05) is 19.3 Å². The van der Waals surface area contributed by atoms with Crippen LogP contribution in [0.4, 0.5) is 4.79 Å². The first-order chi connectivity index (χ1) is 14.2. The van der Waals surface area contributed by atoms with Crippen LogP contribution in [0.1, 0.15) is 51.9 Å². The average Bonchev–Trinajstić information content (AvgIpc) is 3.16. The van der Waals surface area contributed by atoms with Crippen LogP contribution in [0.15, 0.2) is 0 Å². The minimum absolute atomic E-state index is 0.0503. The minimum Gasteiger partial charge on any atom is -0.456 e. The van der Waals surface area contributed by atoms with E-state index in [-0.39, 0.29) is 30.4 Å². The topological polar surface area (TPSA) is 130 Å². The fourth-order valence-electron chi connectivity index (χ4n) is 4.53. The predicted molar refractivity (Wildman–Crippen MR) is 106 cm³/mol. The number of imide groups is 1. The molecule has 0 aromatic carbocycles. The predicted octanol–water partition coefficient (Wildman–Crippen LogP) is 0.210. The van der Waals surface area contributed by atoms with Crippen LogP contribution in [0.3, 0.4) is 0 Å². The fourth-order valence-corrected chi connectivity index (χ4v) is 6.26. The number of amides is 4. The van der Waals surface area contributed by atoms with E-state index in [1.807, 2.05) is 0 Å². The van der Waals surface area contributed by atoms with Crippen molar-refractivity contribution in [3.63, 3.8) is 0 Å². The van der Waals surface area contributed by atoms with Gasteiger partial charge in [0.05, 0.1) is 17.9 Å². The monoisotopic (exact) mass is 443 g/mol. The van der Waals surface area contributed by atoms with Crippen molar-refractivity contribution in [1.29, 1.82) is 0 Å². The van der Waals surface area contributed by atoms with Crippen molar-refractivity contribution < 1.29 is 32.3 Å². The Balaban J connectivity index is 1.46. The highest BCUT2D eigenvalue weighted by Gasteiger charge is 2.51. The third-order valence-electron chi connectivity index (χ3n) is 6.16. The molecule has 0 radical (unpaired) electrons. The third kappa shape index (κ3) is 4.76. The van der Waals surface area contributed by atoms with E-state index in [2.05, 4.69) is 5.32 Å². The molecule has 4 amide bonds. The van der Waals surface area contributed by atoms with E-state index in [4.69, 9.17) is 4.74 Å². The summed E-state index contributed by atoms with van der Waals surface area (Å²) in [6, 6.07) is -0.894. The van der Waals surface area contributed by atoms with Gasteiger partial charge in [-0.3, -0.25) is 19.3 Å². The van der Waals surface area contributed by atoms with Crippen LogP contribution < -0.4 is 5.32 Å². The summed E-state index contributed by atoms with van der Waals surface area (Å²) in [7, 11) is -3.13. The molecule has 0 aromatic heterocycles. The van der Waals surface area contributed by atoms with Crippen LogP contribution in [0.2, 0.25) is 0 Å². The van der Waals surface area contributed by atoms with E-state index in [0.717, 1.165) is 24.2 Å². The number of hydrogen-bond donors (Lipinski definition) is 1. The van der Waals surface area contributed by atoms with Crippen LogP contribution >= 0.6 is 0 Å². The number of hydrogen-bond acceptors (Lipinski definition) is 7. The molecule has 1 N–H and O–H groups in total. The molecule has 30 heavy (non-hydrogen) atoms. The molecular formula is C19H29N3O7S. The first kappa shape index (κ1) is 22.5. The van der Waals surface area contributed by atoms with E-state index in [1.165, 1.54) is 4.90 Å². The second kappa shape index (κ2) is 8.91. The van der Waals surface area contributed by atoms with Gasteiger partial charge >= 0.3 is 12.0 Å². The number of sulfone groups is 1. The van der Waals surface area contributed by atoms with Crippen molar-refractivity contribution in [3.8, 4) is 0 Å². The lowest BCUT2D eigenvalue weighted by Gasteiger charge is -2.30. The van der Waals surface area contributed by atoms with E-state index in [0.29, 0.717) is 25.8 Å². The molecule has 2 aliphatic heterocycles. The molecule has 3 fully saturated rings. The van der Waals surface area contributed by atoms with Crippen LogP contribution in [0, 0.1) is 0 Å². The molecule has 3 rings (SSSR count).